The molecule has 13 nitrogen and oxygen atoms in total. The number of esters is 2. The molecule has 4 aromatic heterocycles. The van der Waals surface area contributed by atoms with E-state index in [2.05, 4.69) is 16.9 Å². The van der Waals surface area contributed by atoms with Crippen molar-refractivity contribution in [3.05, 3.63) is 34.0 Å². The first-order chi connectivity index (χ1) is 25.5. The molecular formula is C39H52N2O11S2. The van der Waals surface area contributed by atoms with Gasteiger partial charge in [-0.3, -0.25) is 19.2 Å². The Kier molecular flexibility index (Phi) is 16.6. The molecule has 4 heterocycles. The monoisotopic (exact) mass is 788 g/mol. The van der Waals surface area contributed by atoms with E-state index in [0.717, 1.165) is 22.2 Å². The van der Waals surface area contributed by atoms with Gasteiger partial charge >= 0.3 is 11.9 Å². The number of ether oxygens (including phenoxy) is 6. The van der Waals surface area contributed by atoms with Gasteiger partial charge < -0.3 is 33.5 Å². The van der Waals surface area contributed by atoms with E-state index < -0.39 is 17.2 Å². The number of aliphatic hydroxyl groups excluding tert-OH is 1. The van der Waals surface area contributed by atoms with Crippen LogP contribution < -0.4 is 18.9 Å². The molecule has 0 atom stereocenters. The van der Waals surface area contributed by atoms with Gasteiger partial charge in [-0.2, -0.15) is 0 Å². The average Bonchev–Trinajstić information content (AvgIpc) is 3.71. The summed E-state index contributed by atoms with van der Waals surface area (Å²) in [5, 5.41) is 8.86. The number of aliphatic hydroxyl groups is 1. The second kappa shape index (κ2) is 20.4. The van der Waals surface area contributed by atoms with Gasteiger partial charge in [0.25, 0.3) is 11.8 Å². The Morgan fingerprint density at radius 3 is 1.41 bits per heavy atom. The smallest absolute Gasteiger partial charge is 0.306 e. The molecule has 0 unspecified atom stereocenters. The lowest BCUT2D eigenvalue weighted by Gasteiger charge is -2.19. The van der Waals surface area contributed by atoms with Gasteiger partial charge in [-0.25, -0.2) is 9.97 Å². The number of hydrogen-bond donors (Lipinski definition) is 1. The Labute approximate surface area is 324 Å². The van der Waals surface area contributed by atoms with Crippen molar-refractivity contribution in [1.82, 2.24) is 9.97 Å². The Morgan fingerprint density at radius 1 is 0.648 bits per heavy atom. The van der Waals surface area contributed by atoms with E-state index >= 15 is 0 Å². The standard InChI is InChI=1S/C20H27NO5S.C19H25NO6S/c1-6-7-10-25-19-15(24-5)12-16-13(21-19)11-17(27-16)14(22)8-9-18(23)26-20(2,3)4;1-19(2,3)26-17(23)7-6-13(22)16-10-12-15(27-16)11-14(24-4)18(20-12)25-9-5-8-21/h11-12H,6-10H2,1-5H3;10-11,21H,5-9H2,1-4H3. The summed E-state index contributed by atoms with van der Waals surface area (Å²) in [6.45, 7) is 13.8. The van der Waals surface area contributed by atoms with Gasteiger partial charge in [0.2, 0.25) is 0 Å². The predicted molar refractivity (Wildman–Crippen MR) is 209 cm³/mol. The van der Waals surface area contributed by atoms with Crippen LogP contribution in [0.15, 0.2) is 24.3 Å². The number of fused-ring (bicyclic) bond motifs is 2. The molecule has 0 bridgehead atoms. The molecule has 0 aromatic carbocycles. The fourth-order valence-corrected chi connectivity index (χ4v) is 6.64. The molecule has 4 rings (SSSR count). The van der Waals surface area contributed by atoms with E-state index in [4.69, 9.17) is 33.5 Å². The number of methoxy groups -OCH3 is 2. The van der Waals surface area contributed by atoms with Gasteiger partial charge in [-0.15, -0.1) is 22.7 Å². The SMILES string of the molecule is CCCCOc1nc2cc(C(=O)CCC(=O)OC(C)(C)C)sc2cc1OC.COc1cc2sc(C(=O)CCC(=O)OC(C)(C)C)cc2nc1OCCCO. The van der Waals surface area contributed by atoms with E-state index in [1.165, 1.54) is 29.8 Å². The highest BCUT2D eigenvalue weighted by Crippen LogP contribution is 2.36. The molecule has 0 spiro atoms. The van der Waals surface area contributed by atoms with Crippen LogP contribution >= 0.6 is 22.7 Å². The van der Waals surface area contributed by atoms with E-state index in [1.807, 2.05) is 6.07 Å². The number of hydrogen-bond acceptors (Lipinski definition) is 15. The number of carbonyl (C=O) groups is 4. The van der Waals surface area contributed by atoms with Crippen LogP contribution in [0.25, 0.3) is 20.4 Å². The largest absolute Gasteiger partial charge is 0.491 e. The fraction of sp³-hybridized carbons (Fsp3) is 0.538. The van der Waals surface area contributed by atoms with Crippen LogP contribution in [-0.4, -0.2) is 83.8 Å². The minimum Gasteiger partial charge on any atom is -0.491 e. The first-order valence-electron chi connectivity index (χ1n) is 17.8. The molecular weight excluding hydrogens is 737 g/mol. The minimum atomic E-state index is -0.565. The Bertz CT molecular complexity index is 1750. The molecule has 0 aliphatic carbocycles. The van der Waals surface area contributed by atoms with E-state index in [0.29, 0.717) is 63.7 Å². The third-order valence-corrected chi connectivity index (χ3v) is 9.31. The maximum Gasteiger partial charge on any atom is 0.306 e. The van der Waals surface area contributed by atoms with Crippen molar-refractivity contribution in [2.45, 2.75) is 105 Å². The zero-order chi connectivity index (χ0) is 40.1. The highest BCUT2D eigenvalue weighted by Gasteiger charge is 2.21. The summed E-state index contributed by atoms with van der Waals surface area (Å²) >= 11 is 2.63. The maximum absolute atomic E-state index is 12.4. The second-order valence-electron chi connectivity index (χ2n) is 14.1. The first-order valence-corrected chi connectivity index (χ1v) is 19.4. The molecule has 4 aromatic rings. The van der Waals surface area contributed by atoms with E-state index in [-0.39, 0.29) is 49.8 Å². The van der Waals surface area contributed by atoms with Crippen LogP contribution in [0.4, 0.5) is 0 Å². The van der Waals surface area contributed by atoms with Gasteiger partial charge in [0.1, 0.15) is 11.2 Å². The second-order valence-corrected chi connectivity index (χ2v) is 16.3. The number of Topliss-reactive ketones (excluding diaryl/α,β-unsaturated/α-hetero) is 2. The van der Waals surface area contributed by atoms with Gasteiger partial charge in [0, 0.05) is 38.0 Å². The molecule has 0 radical (unpaired) electrons. The van der Waals surface area contributed by atoms with Crippen molar-refractivity contribution >= 4 is 66.6 Å². The molecule has 0 aliphatic heterocycles. The summed E-state index contributed by atoms with van der Waals surface area (Å²) in [6.07, 6.45) is 2.74. The third kappa shape index (κ3) is 14.1. The van der Waals surface area contributed by atoms with Crippen molar-refractivity contribution in [2.75, 3.05) is 34.0 Å². The normalized spacial score (nSPS) is 11.4. The molecule has 1 N–H and O–H groups in total. The Balaban J connectivity index is 0.000000290. The first kappa shape index (κ1) is 44.1. The van der Waals surface area contributed by atoms with E-state index in [1.54, 1.807) is 66.9 Å². The van der Waals surface area contributed by atoms with Crippen LogP contribution in [0.2, 0.25) is 0 Å². The zero-order valence-electron chi connectivity index (χ0n) is 32.6. The van der Waals surface area contributed by atoms with Crippen LogP contribution in [0.3, 0.4) is 0 Å². The number of thiophene rings is 2. The number of pyridine rings is 2. The number of unbranched alkanes of at least 4 members (excludes halogenated alkanes) is 1. The Hall–Kier alpha value is -4.34. The summed E-state index contributed by atoms with van der Waals surface area (Å²) in [7, 11) is 3.08. The summed E-state index contributed by atoms with van der Waals surface area (Å²) < 4.78 is 34.0. The van der Waals surface area contributed by atoms with Crippen molar-refractivity contribution < 1.29 is 52.7 Å². The average molecular weight is 789 g/mol. The van der Waals surface area contributed by atoms with Gasteiger partial charge in [-0.1, -0.05) is 13.3 Å². The van der Waals surface area contributed by atoms with Crippen molar-refractivity contribution in [2.24, 2.45) is 0 Å². The van der Waals surface area contributed by atoms with Crippen LogP contribution in [0, 0.1) is 0 Å². The number of rotatable bonds is 18. The summed E-state index contributed by atoms with van der Waals surface area (Å²) in [5.74, 6) is 0.776. The minimum absolute atomic E-state index is 0.0271. The highest BCUT2D eigenvalue weighted by molar-refractivity contribution is 7.21. The summed E-state index contributed by atoms with van der Waals surface area (Å²) in [5.41, 5.74) is 0.199. The lowest BCUT2D eigenvalue weighted by molar-refractivity contribution is -0.155. The van der Waals surface area contributed by atoms with Crippen LogP contribution in [-0.2, 0) is 19.1 Å². The lowest BCUT2D eigenvalue weighted by Crippen LogP contribution is -2.24. The summed E-state index contributed by atoms with van der Waals surface area (Å²) in [4.78, 5) is 58.4. The van der Waals surface area contributed by atoms with E-state index in [9.17, 15) is 19.2 Å². The number of carbonyl (C=O) groups excluding carboxylic acids is 4. The van der Waals surface area contributed by atoms with Crippen molar-refractivity contribution in [1.29, 1.82) is 0 Å². The Morgan fingerprint density at radius 2 is 1.06 bits per heavy atom. The fourth-order valence-electron chi connectivity index (χ4n) is 4.65. The zero-order valence-corrected chi connectivity index (χ0v) is 34.3. The molecule has 296 valence electrons. The number of ketones is 2. The quantitative estimate of drug-likeness (QED) is 0.0583. The molecule has 15 heteroatoms. The maximum atomic E-state index is 12.4. The van der Waals surface area contributed by atoms with Gasteiger partial charge in [-0.05, 0) is 60.1 Å². The molecule has 0 saturated heterocycles. The van der Waals surface area contributed by atoms with Crippen molar-refractivity contribution in [3.63, 3.8) is 0 Å². The molecule has 0 amide bonds. The van der Waals surface area contributed by atoms with Crippen molar-refractivity contribution in [3.8, 4) is 23.3 Å². The van der Waals surface area contributed by atoms with Crippen LogP contribution in [0.1, 0.15) is 113 Å². The highest BCUT2D eigenvalue weighted by atomic mass is 32.1. The predicted octanol–water partition coefficient (Wildman–Crippen LogP) is 8.16. The van der Waals surface area contributed by atoms with Crippen LogP contribution in [0.5, 0.6) is 23.3 Å². The molecule has 54 heavy (non-hydrogen) atoms. The number of nitrogens with zero attached hydrogens (tertiary/aromatic N) is 2. The molecule has 0 saturated carbocycles. The third-order valence-electron chi connectivity index (χ3n) is 7.09. The molecule has 0 fully saturated rings. The van der Waals surface area contributed by atoms with Gasteiger partial charge in [0.15, 0.2) is 23.1 Å². The topological polar surface area (TPSA) is 170 Å². The molecule has 0 aliphatic rings. The van der Waals surface area contributed by atoms with Gasteiger partial charge in [0.05, 0.1) is 70.5 Å². The summed E-state index contributed by atoms with van der Waals surface area (Å²) in [6, 6.07) is 7.03. The number of aromatic nitrogens is 2. The lowest BCUT2D eigenvalue weighted by atomic mass is 10.1.